The van der Waals surface area contributed by atoms with E-state index < -0.39 is 12.1 Å². The first-order valence-corrected chi connectivity index (χ1v) is 32.5. The zero-order valence-corrected chi connectivity index (χ0v) is 48.2. The van der Waals surface area contributed by atoms with Crippen molar-refractivity contribution in [2.45, 2.75) is 379 Å². The molecule has 422 valence electrons. The first-order valence-electron chi connectivity index (χ1n) is 32.5. The average Bonchev–Trinajstić information content (AvgIpc) is 3.37. The van der Waals surface area contributed by atoms with Crippen LogP contribution in [0.25, 0.3) is 0 Å². The first kappa shape index (κ1) is 69.6. The van der Waals surface area contributed by atoms with Crippen molar-refractivity contribution in [1.29, 1.82) is 0 Å². The van der Waals surface area contributed by atoms with Crippen molar-refractivity contribution >= 4 is 11.9 Å². The van der Waals surface area contributed by atoms with Crippen LogP contribution >= 0.6 is 0 Å². The Bertz CT molecular complexity index is 1060. The third-order valence-corrected chi connectivity index (χ3v) is 15.3. The Morgan fingerprint density at radius 2 is 0.648 bits per heavy atom. The number of hydrogen-bond donors (Lipinski definition) is 3. The molecule has 0 saturated heterocycles. The molecule has 0 heterocycles. The molecule has 2 atom stereocenters. The lowest BCUT2D eigenvalue weighted by Crippen LogP contribution is -2.45. The van der Waals surface area contributed by atoms with Crippen LogP contribution in [0.3, 0.4) is 0 Å². The molecule has 0 bridgehead atoms. The Hall–Kier alpha value is -1.40. The molecule has 3 N–H and O–H groups in total. The fraction of sp³-hybridized carbons (Fsp3) is 0.938. The van der Waals surface area contributed by atoms with E-state index in [1.807, 2.05) is 6.08 Å². The van der Waals surface area contributed by atoms with Gasteiger partial charge in [-0.1, -0.05) is 334 Å². The van der Waals surface area contributed by atoms with E-state index in [2.05, 4.69) is 19.2 Å². The number of aliphatic hydroxyl groups excluding tert-OH is 2. The van der Waals surface area contributed by atoms with E-state index in [-0.39, 0.29) is 18.5 Å². The summed E-state index contributed by atoms with van der Waals surface area (Å²) in [6.07, 6.45) is 74.2. The van der Waals surface area contributed by atoms with Crippen LogP contribution in [0.15, 0.2) is 12.2 Å². The molecule has 0 aromatic heterocycles. The van der Waals surface area contributed by atoms with Gasteiger partial charge in [0, 0.05) is 12.8 Å². The predicted octanol–water partition coefficient (Wildman–Crippen LogP) is 20.4. The molecule has 0 aliphatic rings. The molecular weight excluding hydrogens is 875 g/mol. The third-order valence-electron chi connectivity index (χ3n) is 15.3. The highest BCUT2D eigenvalue weighted by atomic mass is 16.5. The highest BCUT2D eigenvalue weighted by molar-refractivity contribution is 5.76. The summed E-state index contributed by atoms with van der Waals surface area (Å²) in [6.45, 7) is 4.92. The maximum atomic E-state index is 12.4. The van der Waals surface area contributed by atoms with Gasteiger partial charge in [0.1, 0.15) is 0 Å². The molecule has 6 nitrogen and oxygen atoms in total. The lowest BCUT2D eigenvalue weighted by Gasteiger charge is -2.20. The Morgan fingerprint density at radius 1 is 0.380 bits per heavy atom. The number of nitrogens with one attached hydrogen (secondary N) is 1. The number of amides is 1. The zero-order valence-electron chi connectivity index (χ0n) is 48.2. The normalized spacial score (nSPS) is 12.6. The van der Waals surface area contributed by atoms with Gasteiger partial charge in [0.2, 0.25) is 5.91 Å². The Kier molecular flexibility index (Phi) is 59.9. The van der Waals surface area contributed by atoms with Crippen LogP contribution in [-0.4, -0.2) is 47.4 Å². The van der Waals surface area contributed by atoms with Crippen LogP contribution in [-0.2, 0) is 14.3 Å². The second-order valence-corrected chi connectivity index (χ2v) is 22.5. The van der Waals surface area contributed by atoms with Gasteiger partial charge in [0.25, 0.3) is 0 Å². The van der Waals surface area contributed by atoms with E-state index in [1.165, 1.54) is 302 Å². The molecule has 0 aromatic rings. The summed E-state index contributed by atoms with van der Waals surface area (Å²) in [7, 11) is 0. The molecule has 0 radical (unpaired) electrons. The number of esters is 1. The molecule has 0 spiro atoms. The fourth-order valence-corrected chi connectivity index (χ4v) is 10.3. The zero-order chi connectivity index (χ0) is 51.4. The Balaban J connectivity index is 3.31. The van der Waals surface area contributed by atoms with Gasteiger partial charge in [-0.2, -0.15) is 0 Å². The Morgan fingerprint density at radius 3 is 0.958 bits per heavy atom. The van der Waals surface area contributed by atoms with Crippen molar-refractivity contribution in [1.82, 2.24) is 5.32 Å². The minimum Gasteiger partial charge on any atom is -0.466 e. The lowest BCUT2D eigenvalue weighted by molar-refractivity contribution is -0.143. The second-order valence-electron chi connectivity index (χ2n) is 22.5. The third kappa shape index (κ3) is 57.7. The number of hydrogen-bond acceptors (Lipinski definition) is 5. The summed E-state index contributed by atoms with van der Waals surface area (Å²) >= 11 is 0. The van der Waals surface area contributed by atoms with Gasteiger partial charge in [-0.25, -0.2) is 0 Å². The van der Waals surface area contributed by atoms with E-state index in [0.717, 1.165) is 38.5 Å². The van der Waals surface area contributed by atoms with Crippen molar-refractivity contribution in [3.05, 3.63) is 12.2 Å². The molecule has 0 saturated carbocycles. The van der Waals surface area contributed by atoms with Crippen LogP contribution in [0.1, 0.15) is 367 Å². The van der Waals surface area contributed by atoms with Gasteiger partial charge in [-0.3, -0.25) is 9.59 Å². The monoisotopic (exact) mass is 1000 g/mol. The van der Waals surface area contributed by atoms with E-state index >= 15 is 0 Å². The van der Waals surface area contributed by atoms with Gasteiger partial charge < -0.3 is 20.3 Å². The van der Waals surface area contributed by atoms with Crippen molar-refractivity contribution in [2.24, 2.45) is 0 Å². The van der Waals surface area contributed by atoms with Crippen LogP contribution in [0, 0.1) is 0 Å². The molecule has 0 aliphatic carbocycles. The van der Waals surface area contributed by atoms with Gasteiger partial charge in [-0.05, 0) is 32.1 Å². The quantitative estimate of drug-likeness (QED) is 0.0320. The molecule has 0 aromatic carbocycles. The summed E-state index contributed by atoms with van der Waals surface area (Å²) in [6, 6.07) is -0.624. The highest BCUT2D eigenvalue weighted by Gasteiger charge is 2.18. The van der Waals surface area contributed by atoms with Crippen LogP contribution in [0.2, 0.25) is 0 Å². The standard InChI is InChI=1S/C65H127NO5/c1-3-5-7-9-11-13-15-16-17-18-26-30-33-36-39-43-47-51-55-59-65(70)71-60-56-52-48-44-40-37-34-31-28-25-23-21-19-20-22-24-27-29-32-35-38-42-46-50-54-58-64(69)66-62(61-67)63(68)57-53-49-45-41-14-12-10-8-6-4-2/h53,57,62-63,67-68H,3-52,54-56,58-61H2,1-2H3,(H,66,69)/b57-53+. The number of aliphatic hydroxyl groups is 2. The predicted molar refractivity (Wildman–Crippen MR) is 310 cm³/mol. The molecule has 0 aliphatic heterocycles. The Labute approximate surface area is 444 Å². The molecule has 6 heteroatoms. The summed E-state index contributed by atoms with van der Waals surface area (Å²) in [4.78, 5) is 24.5. The fourth-order valence-electron chi connectivity index (χ4n) is 10.3. The van der Waals surface area contributed by atoms with E-state index in [1.54, 1.807) is 6.08 Å². The topological polar surface area (TPSA) is 95.9 Å². The maximum Gasteiger partial charge on any atom is 0.305 e. The van der Waals surface area contributed by atoms with E-state index in [0.29, 0.717) is 19.4 Å². The van der Waals surface area contributed by atoms with Gasteiger partial charge >= 0.3 is 5.97 Å². The smallest absolute Gasteiger partial charge is 0.305 e. The number of carbonyl (C=O) groups excluding carboxylic acids is 2. The summed E-state index contributed by atoms with van der Waals surface area (Å²) in [5.74, 6) is -0.0452. The van der Waals surface area contributed by atoms with Gasteiger partial charge in [0.15, 0.2) is 0 Å². The molecule has 71 heavy (non-hydrogen) atoms. The summed E-state index contributed by atoms with van der Waals surface area (Å²) in [5.41, 5.74) is 0. The van der Waals surface area contributed by atoms with Crippen molar-refractivity contribution in [2.75, 3.05) is 13.2 Å². The van der Waals surface area contributed by atoms with E-state index in [9.17, 15) is 19.8 Å². The van der Waals surface area contributed by atoms with Crippen LogP contribution in [0.4, 0.5) is 0 Å². The summed E-state index contributed by atoms with van der Waals surface area (Å²) in [5, 5.41) is 23.0. The SMILES string of the molecule is CCCCCCCCCC/C=C/C(O)C(CO)NC(=O)CCCCCCCCCCCCCCCCCCCCCCCCCCCOC(=O)CCCCCCCCCCCCCCCCCCCCC. The number of ether oxygens (including phenoxy) is 1. The molecular formula is C65H127NO5. The number of unbranched alkanes of at least 4 members (excludes halogenated alkanes) is 50. The van der Waals surface area contributed by atoms with Crippen molar-refractivity contribution in [3.8, 4) is 0 Å². The van der Waals surface area contributed by atoms with Crippen LogP contribution in [0.5, 0.6) is 0 Å². The van der Waals surface area contributed by atoms with E-state index in [4.69, 9.17) is 4.74 Å². The second kappa shape index (κ2) is 61.1. The molecule has 1 amide bonds. The number of allylic oxidation sites excluding steroid dienone is 1. The minimum absolute atomic E-state index is 0.0213. The largest absolute Gasteiger partial charge is 0.466 e. The molecule has 2 unspecified atom stereocenters. The molecule has 0 fully saturated rings. The van der Waals surface area contributed by atoms with Crippen molar-refractivity contribution in [3.63, 3.8) is 0 Å². The first-order chi connectivity index (χ1) is 35.0. The maximum absolute atomic E-state index is 12.4. The molecule has 0 rings (SSSR count). The summed E-state index contributed by atoms with van der Waals surface area (Å²) < 4.78 is 5.51. The lowest BCUT2D eigenvalue weighted by atomic mass is 10.0. The average molecular weight is 1000 g/mol. The van der Waals surface area contributed by atoms with Gasteiger partial charge in [0.05, 0.1) is 25.4 Å². The minimum atomic E-state index is -0.840. The highest BCUT2D eigenvalue weighted by Crippen LogP contribution is 2.18. The van der Waals surface area contributed by atoms with Crippen molar-refractivity contribution < 1.29 is 24.5 Å². The van der Waals surface area contributed by atoms with Gasteiger partial charge in [-0.15, -0.1) is 0 Å². The number of carbonyl (C=O) groups is 2. The van der Waals surface area contributed by atoms with Crippen LogP contribution < -0.4 is 5.32 Å². The number of rotatable bonds is 61.